The van der Waals surface area contributed by atoms with Crippen molar-refractivity contribution in [3.8, 4) is 5.69 Å². The van der Waals surface area contributed by atoms with Gasteiger partial charge in [-0.3, -0.25) is 0 Å². The summed E-state index contributed by atoms with van der Waals surface area (Å²) in [4.78, 5) is 7.67. The van der Waals surface area contributed by atoms with Crippen LogP contribution >= 0.6 is 0 Å². The van der Waals surface area contributed by atoms with Crippen molar-refractivity contribution in [3.05, 3.63) is 77.1 Å². The SMILES string of the molecule is Cc1ccccc1-n1c(C)cc(/C=N\Nc2nc3ccccc3[nH]2)c1C. The van der Waals surface area contributed by atoms with Crippen LogP contribution in [-0.4, -0.2) is 20.7 Å². The lowest BCUT2D eigenvalue weighted by Gasteiger charge is -2.12. The van der Waals surface area contributed by atoms with E-state index in [2.05, 4.69) is 76.2 Å². The van der Waals surface area contributed by atoms with Gasteiger partial charge in [0, 0.05) is 22.6 Å². The Labute approximate surface area is 152 Å². The Balaban J connectivity index is 1.60. The monoisotopic (exact) mass is 343 g/mol. The fourth-order valence-corrected chi connectivity index (χ4v) is 3.27. The van der Waals surface area contributed by atoms with Crippen molar-refractivity contribution in [2.24, 2.45) is 5.10 Å². The van der Waals surface area contributed by atoms with Gasteiger partial charge in [-0.25, -0.2) is 10.4 Å². The number of hydrogen-bond acceptors (Lipinski definition) is 3. The van der Waals surface area contributed by atoms with Gasteiger partial charge in [-0.05, 0) is 50.6 Å². The number of nitrogens with one attached hydrogen (secondary N) is 2. The van der Waals surface area contributed by atoms with E-state index in [4.69, 9.17) is 0 Å². The Morgan fingerprint density at radius 2 is 1.81 bits per heavy atom. The van der Waals surface area contributed by atoms with Crippen LogP contribution in [0.5, 0.6) is 0 Å². The second kappa shape index (κ2) is 6.52. The average Bonchev–Trinajstić information content (AvgIpc) is 3.16. The highest BCUT2D eigenvalue weighted by Crippen LogP contribution is 2.22. The zero-order valence-electron chi connectivity index (χ0n) is 15.1. The lowest BCUT2D eigenvalue weighted by molar-refractivity contribution is 0.954. The molecular weight excluding hydrogens is 322 g/mol. The second-order valence-corrected chi connectivity index (χ2v) is 6.42. The van der Waals surface area contributed by atoms with Gasteiger partial charge < -0.3 is 9.55 Å². The fourth-order valence-electron chi connectivity index (χ4n) is 3.27. The molecule has 0 saturated heterocycles. The normalized spacial score (nSPS) is 11.5. The lowest BCUT2D eigenvalue weighted by Crippen LogP contribution is -2.01. The van der Waals surface area contributed by atoms with Gasteiger partial charge in [0.25, 0.3) is 0 Å². The maximum absolute atomic E-state index is 4.46. The molecule has 0 radical (unpaired) electrons. The van der Waals surface area contributed by atoms with Crippen molar-refractivity contribution in [1.82, 2.24) is 14.5 Å². The number of benzene rings is 2. The van der Waals surface area contributed by atoms with E-state index in [9.17, 15) is 0 Å². The number of hydrogen-bond donors (Lipinski definition) is 2. The van der Waals surface area contributed by atoms with Crippen LogP contribution in [0.1, 0.15) is 22.5 Å². The first-order valence-corrected chi connectivity index (χ1v) is 8.62. The van der Waals surface area contributed by atoms with Crippen molar-refractivity contribution in [1.29, 1.82) is 0 Å². The highest BCUT2D eigenvalue weighted by molar-refractivity contribution is 5.83. The largest absolute Gasteiger partial charge is 0.323 e. The predicted molar refractivity (Wildman–Crippen MR) is 107 cm³/mol. The number of fused-ring (bicyclic) bond motifs is 1. The fraction of sp³-hybridized carbons (Fsp3) is 0.143. The maximum atomic E-state index is 4.46. The number of imidazole rings is 1. The quantitative estimate of drug-likeness (QED) is 0.416. The number of H-pyrrole nitrogens is 1. The Bertz CT molecular complexity index is 1070. The first kappa shape index (κ1) is 16.1. The van der Waals surface area contributed by atoms with E-state index >= 15 is 0 Å². The molecule has 5 heteroatoms. The van der Waals surface area contributed by atoms with Crippen molar-refractivity contribution in [2.75, 3.05) is 5.43 Å². The minimum absolute atomic E-state index is 0.634. The number of aromatic nitrogens is 3. The Morgan fingerprint density at radius 1 is 1.04 bits per heavy atom. The molecule has 2 aromatic heterocycles. The van der Waals surface area contributed by atoms with Crippen molar-refractivity contribution in [3.63, 3.8) is 0 Å². The van der Waals surface area contributed by atoms with Crippen LogP contribution in [-0.2, 0) is 0 Å². The molecule has 4 rings (SSSR count). The van der Waals surface area contributed by atoms with Crippen LogP contribution < -0.4 is 5.43 Å². The molecule has 0 aliphatic rings. The van der Waals surface area contributed by atoms with Crippen LogP contribution in [0, 0.1) is 20.8 Å². The molecule has 0 amide bonds. The minimum Gasteiger partial charge on any atom is -0.323 e. The van der Waals surface area contributed by atoms with Gasteiger partial charge in [0.05, 0.1) is 17.2 Å². The molecule has 0 spiro atoms. The maximum Gasteiger partial charge on any atom is 0.222 e. The van der Waals surface area contributed by atoms with Crippen molar-refractivity contribution < 1.29 is 0 Å². The van der Waals surface area contributed by atoms with E-state index in [1.54, 1.807) is 0 Å². The summed E-state index contributed by atoms with van der Waals surface area (Å²) in [6, 6.07) is 18.5. The molecule has 0 saturated carbocycles. The number of anilines is 1. The van der Waals surface area contributed by atoms with E-state index in [-0.39, 0.29) is 0 Å². The van der Waals surface area contributed by atoms with E-state index in [1.807, 2.05) is 30.5 Å². The van der Waals surface area contributed by atoms with E-state index in [0.717, 1.165) is 22.3 Å². The van der Waals surface area contributed by atoms with Crippen molar-refractivity contribution in [2.45, 2.75) is 20.8 Å². The molecule has 2 N–H and O–H groups in total. The van der Waals surface area contributed by atoms with Gasteiger partial charge in [0.15, 0.2) is 0 Å². The third-order valence-electron chi connectivity index (χ3n) is 4.59. The van der Waals surface area contributed by atoms with Gasteiger partial charge in [-0.1, -0.05) is 30.3 Å². The number of aromatic amines is 1. The zero-order chi connectivity index (χ0) is 18.1. The minimum atomic E-state index is 0.634. The number of aryl methyl sites for hydroxylation is 2. The van der Waals surface area contributed by atoms with E-state index in [1.165, 1.54) is 16.9 Å². The van der Waals surface area contributed by atoms with Crippen LogP contribution in [0.3, 0.4) is 0 Å². The molecule has 0 atom stereocenters. The molecule has 2 aromatic carbocycles. The summed E-state index contributed by atoms with van der Waals surface area (Å²) in [7, 11) is 0. The Morgan fingerprint density at radius 3 is 2.62 bits per heavy atom. The summed E-state index contributed by atoms with van der Waals surface area (Å²) in [5.41, 5.74) is 10.8. The summed E-state index contributed by atoms with van der Waals surface area (Å²) in [6.07, 6.45) is 1.84. The number of rotatable bonds is 4. The highest BCUT2D eigenvalue weighted by Gasteiger charge is 2.10. The molecule has 0 aliphatic carbocycles. The molecule has 0 unspecified atom stereocenters. The summed E-state index contributed by atoms with van der Waals surface area (Å²) >= 11 is 0. The number of hydrazone groups is 1. The summed E-state index contributed by atoms with van der Waals surface area (Å²) < 4.78 is 2.26. The first-order valence-electron chi connectivity index (χ1n) is 8.62. The van der Waals surface area contributed by atoms with Crippen LogP contribution in [0.4, 0.5) is 5.95 Å². The standard InChI is InChI=1S/C21H21N5/c1-14-8-4-7-11-20(14)26-15(2)12-17(16(26)3)13-22-25-21-23-18-9-5-6-10-19(18)24-21/h4-13H,1-3H3,(H2,23,24,25)/b22-13-. The molecule has 130 valence electrons. The molecule has 0 aliphatic heterocycles. The molecule has 26 heavy (non-hydrogen) atoms. The van der Waals surface area contributed by atoms with Gasteiger partial charge in [0.1, 0.15) is 0 Å². The predicted octanol–water partition coefficient (Wildman–Crippen LogP) is 4.72. The topological polar surface area (TPSA) is 58.0 Å². The first-order chi connectivity index (χ1) is 12.6. The smallest absolute Gasteiger partial charge is 0.222 e. The molecule has 5 nitrogen and oxygen atoms in total. The van der Waals surface area contributed by atoms with Gasteiger partial charge in [-0.15, -0.1) is 0 Å². The zero-order valence-corrected chi connectivity index (χ0v) is 15.1. The second-order valence-electron chi connectivity index (χ2n) is 6.42. The van der Waals surface area contributed by atoms with Gasteiger partial charge in [0.2, 0.25) is 5.95 Å². The number of para-hydroxylation sites is 3. The Kier molecular flexibility index (Phi) is 4.05. The summed E-state index contributed by atoms with van der Waals surface area (Å²) in [6.45, 7) is 6.36. The van der Waals surface area contributed by atoms with Crippen LogP contribution in [0.2, 0.25) is 0 Å². The Hall–Kier alpha value is -3.34. The molecular formula is C21H21N5. The average molecular weight is 343 g/mol. The lowest BCUT2D eigenvalue weighted by atomic mass is 10.2. The highest BCUT2D eigenvalue weighted by atomic mass is 15.3. The van der Waals surface area contributed by atoms with Gasteiger partial charge in [-0.2, -0.15) is 5.10 Å². The molecule has 0 fully saturated rings. The van der Waals surface area contributed by atoms with E-state index in [0.29, 0.717) is 5.95 Å². The molecule has 4 aromatic rings. The van der Waals surface area contributed by atoms with E-state index < -0.39 is 0 Å². The number of nitrogens with zero attached hydrogens (tertiary/aromatic N) is 3. The summed E-state index contributed by atoms with van der Waals surface area (Å²) in [5.74, 6) is 0.634. The van der Waals surface area contributed by atoms with Gasteiger partial charge >= 0.3 is 0 Å². The molecule has 0 bridgehead atoms. The third kappa shape index (κ3) is 2.88. The third-order valence-corrected chi connectivity index (χ3v) is 4.59. The van der Waals surface area contributed by atoms with Crippen LogP contribution in [0.25, 0.3) is 16.7 Å². The van der Waals surface area contributed by atoms with Crippen molar-refractivity contribution >= 4 is 23.2 Å². The molecule has 2 heterocycles. The summed E-state index contributed by atoms with van der Waals surface area (Å²) in [5, 5.41) is 4.36. The van der Waals surface area contributed by atoms with Crippen LogP contribution in [0.15, 0.2) is 59.7 Å².